The topological polar surface area (TPSA) is 71.9 Å². The van der Waals surface area contributed by atoms with Gasteiger partial charge in [0.1, 0.15) is 11.6 Å². The van der Waals surface area contributed by atoms with E-state index in [1.165, 1.54) is 24.2 Å². The van der Waals surface area contributed by atoms with E-state index in [1.807, 2.05) is 6.07 Å². The van der Waals surface area contributed by atoms with Crippen LogP contribution in [0.1, 0.15) is 18.5 Å². The summed E-state index contributed by atoms with van der Waals surface area (Å²) in [5, 5.41) is 11.8. The van der Waals surface area contributed by atoms with Gasteiger partial charge in [0, 0.05) is 17.5 Å². The molecule has 6 nitrogen and oxygen atoms in total. The molecule has 0 atom stereocenters. The molecule has 1 aliphatic heterocycles. The highest BCUT2D eigenvalue weighted by Crippen LogP contribution is 2.40. The molecule has 1 aromatic heterocycles. The zero-order chi connectivity index (χ0) is 18.5. The molecule has 1 aromatic carbocycles. The highest BCUT2D eigenvalue weighted by molar-refractivity contribution is 7.13. The molecule has 1 aliphatic rings. The van der Waals surface area contributed by atoms with Crippen LogP contribution in [0.4, 0.5) is 0 Å². The van der Waals surface area contributed by atoms with Gasteiger partial charge in [0.2, 0.25) is 0 Å². The lowest BCUT2D eigenvalue weighted by molar-refractivity contribution is -0.136. The Morgan fingerprint density at radius 3 is 2.85 bits per heavy atom. The zero-order valence-electron chi connectivity index (χ0n) is 14.5. The second kappa shape index (κ2) is 8.70. The van der Waals surface area contributed by atoms with Gasteiger partial charge in [0.25, 0.3) is 0 Å². The van der Waals surface area contributed by atoms with Gasteiger partial charge in [-0.3, -0.25) is 9.69 Å². The Morgan fingerprint density at radius 2 is 2.15 bits per heavy atom. The fraction of sp³-hybridized carbons (Fsp3) is 0.444. The zero-order valence-corrected chi connectivity index (χ0v) is 16.1. The summed E-state index contributed by atoms with van der Waals surface area (Å²) < 4.78 is 11.3. The lowest BCUT2D eigenvalue weighted by Crippen LogP contribution is -2.25. The summed E-state index contributed by atoms with van der Waals surface area (Å²) in [4.78, 5) is 17.5. The van der Waals surface area contributed by atoms with Gasteiger partial charge in [-0.2, -0.15) is 0 Å². The molecule has 0 amide bonds. The maximum Gasteiger partial charge on any atom is 0.309 e. The normalized spacial score (nSPS) is 14.5. The van der Waals surface area contributed by atoms with Gasteiger partial charge in [-0.05, 0) is 38.1 Å². The second-order valence-corrected chi connectivity index (χ2v) is 7.37. The number of rotatable bonds is 8. The van der Waals surface area contributed by atoms with Crippen molar-refractivity contribution < 1.29 is 19.4 Å². The van der Waals surface area contributed by atoms with Gasteiger partial charge in [0.15, 0.2) is 11.5 Å². The van der Waals surface area contributed by atoms with Crippen molar-refractivity contribution in [1.82, 2.24) is 9.88 Å². The lowest BCUT2D eigenvalue weighted by atomic mass is 10.2. The summed E-state index contributed by atoms with van der Waals surface area (Å²) in [6, 6.07) is 3.60. The Balaban J connectivity index is 1.73. The van der Waals surface area contributed by atoms with Crippen LogP contribution >= 0.6 is 22.9 Å². The van der Waals surface area contributed by atoms with E-state index >= 15 is 0 Å². The molecule has 1 N–H and O–H groups in total. The van der Waals surface area contributed by atoms with Gasteiger partial charge in [-0.25, -0.2) is 4.98 Å². The highest BCUT2D eigenvalue weighted by atomic mass is 35.5. The minimum Gasteiger partial charge on any atom is -0.493 e. The van der Waals surface area contributed by atoms with Crippen LogP contribution in [0.15, 0.2) is 17.5 Å². The van der Waals surface area contributed by atoms with E-state index in [0.29, 0.717) is 33.8 Å². The van der Waals surface area contributed by atoms with Crippen molar-refractivity contribution in [3.8, 4) is 22.1 Å². The average molecular weight is 397 g/mol. The van der Waals surface area contributed by atoms with E-state index in [2.05, 4.69) is 9.88 Å². The Hall–Kier alpha value is -1.83. The number of likely N-dealkylation sites (tertiary alicyclic amines) is 1. The van der Waals surface area contributed by atoms with Crippen LogP contribution in [0.3, 0.4) is 0 Å². The minimum absolute atomic E-state index is 0.0982. The quantitative estimate of drug-likeness (QED) is 0.735. The number of aliphatic carboxylic acids is 1. The molecule has 0 unspecified atom stereocenters. The Bertz CT molecular complexity index is 775. The number of aromatic nitrogens is 1. The summed E-state index contributed by atoms with van der Waals surface area (Å²) in [5.74, 6) is 0.169. The molecule has 0 aliphatic carbocycles. The van der Waals surface area contributed by atoms with Gasteiger partial charge in [0.05, 0.1) is 24.2 Å². The summed E-state index contributed by atoms with van der Waals surface area (Å²) in [7, 11) is 1.57. The van der Waals surface area contributed by atoms with Crippen LogP contribution < -0.4 is 9.47 Å². The number of halogens is 1. The molecular weight excluding hydrogens is 376 g/mol. The lowest BCUT2D eigenvalue weighted by Gasteiger charge is -2.17. The van der Waals surface area contributed by atoms with Crippen LogP contribution in [0.25, 0.3) is 10.6 Å². The Labute approximate surface area is 161 Å². The van der Waals surface area contributed by atoms with E-state index in [1.54, 1.807) is 18.6 Å². The van der Waals surface area contributed by atoms with E-state index in [9.17, 15) is 4.79 Å². The van der Waals surface area contributed by atoms with Crippen molar-refractivity contribution in [1.29, 1.82) is 0 Å². The SMILES string of the molecule is COc1cc(-c2nc(CC(=O)O)cs2)cc(Cl)c1OCCN1CCCC1. The van der Waals surface area contributed by atoms with Crippen molar-refractivity contribution in [2.24, 2.45) is 0 Å². The largest absolute Gasteiger partial charge is 0.493 e. The van der Waals surface area contributed by atoms with Crippen LogP contribution in [0, 0.1) is 0 Å². The summed E-state index contributed by atoms with van der Waals surface area (Å²) in [6.07, 6.45) is 2.39. The maximum atomic E-state index is 10.8. The molecule has 0 spiro atoms. The molecule has 8 heteroatoms. The molecule has 0 bridgehead atoms. The number of hydrogen-bond donors (Lipinski definition) is 1. The smallest absolute Gasteiger partial charge is 0.309 e. The molecule has 140 valence electrons. The summed E-state index contributed by atoms with van der Waals surface area (Å²) in [6.45, 7) is 3.66. The maximum absolute atomic E-state index is 10.8. The Morgan fingerprint density at radius 1 is 1.38 bits per heavy atom. The Kier molecular flexibility index (Phi) is 6.34. The number of thiazole rings is 1. The molecule has 2 heterocycles. The van der Waals surface area contributed by atoms with Crippen LogP contribution in [-0.2, 0) is 11.2 Å². The standard InChI is InChI=1S/C18H21ClN2O4S/c1-24-15-9-12(18-20-13(11-26-18)10-16(22)23)8-14(19)17(15)25-7-6-21-4-2-3-5-21/h8-9,11H,2-7,10H2,1H3,(H,22,23). The van der Waals surface area contributed by atoms with Crippen molar-refractivity contribution in [2.45, 2.75) is 19.3 Å². The fourth-order valence-corrected chi connectivity index (χ4v) is 4.01. The van der Waals surface area contributed by atoms with Gasteiger partial charge < -0.3 is 14.6 Å². The van der Waals surface area contributed by atoms with Gasteiger partial charge >= 0.3 is 5.97 Å². The van der Waals surface area contributed by atoms with Crippen LogP contribution in [0.2, 0.25) is 5.02 Å². The first-order chi connectivity index (χ1) is 12.6. The second-order valence-electron chi connectivity index (χ2n) is 6.10. The number of carboxylic acid groups (broad SMARTS) is 1. The molecule has 0 radical (unpaired) electrons. The summed E-state index contributed by atoms with van der Waals surface area (Å²) in [5.41, 5.74) is 1.30. The fourth-order valence-electron chi connectivity index (χ4n) is 2.94. The number of hydrogen-bond acceptors (Lipinski definition) is 6. The third kappa shape index (κ3) is 4.66. The number of benzene rings is 1. The first-order valence-electron chi connectivity index (χ1n) is 8.46. The molecule has 1 saturated heterocycles. The van der Waals surface area contributed by atoms with E-state index < -0.39 is 5.97 Å². The van der Waals surface area contributed by atoms with Crippen molar-refractivity contribution in [2.75, 3.05) is 33.4 Å². The summed E-state index contributed by atoms with van der Waals surface area (Å²) >= 11 is 7.79. The third-order valence-electron chi connectivity index (χ3n) is 4.21. The number of methoxy groups -OCH3 is 1. The number of ether oxygens (including phenoxy) is 2. The van der Waals surface area contributed by atoms with Crippen molar-refractivity contribution in [3.05, 3.63) is 28.2 Å². The van der Waals surface area contributed by atoms with Gasteiger partial charge in [-0.1, -0.05) is 11.6 Å². The van der Waals surface area contributed by atoms with Crippen molar-refractivity contribution >= 4 is 28.9 Å². The molecule has 3 rings (SSSR count). The molecule has 26 heavy (non-hydrogen) atoms. The molecule has 1 fully saturated rings. The first-order valence-corrected chi connectivity index (χ1v) is 9.72. The highest BCUT2D eigenvalue weighted by Gasteiger charge is 2.17. The molecular formula is C18H21ClN2O4S. The van der Waals surface area contributed by atoms with Crippen LogP contribution in [-0.4, -0.2) is 54.3 Å². The van der Waals surface area contributed by atoms with Crippen molar-refractivity contribution in [3.63, 3.8) is 0 Å². The predicted molar refractivity (Wildman–Crippen MR) is 102 cm³/mol. The number of carboxylic acids is 1. The number of carbonyl (C=O) groups is 1. The molecule has 2 aromatic rings. The third-order valence-corrected chi connectivity index (χ3v) is 5.43. The number of nitrogens with zero attached hydrogens (tertiary/aromatic N) is 2. The predicted octanol–water partition coefficient (Wildman–Crippen LogP) is 3.57. The van der Waals surface area contributed by atoms with E-state index in [4.69, 9.17) is 26.2 Å². The first kappa shape index (κ1) is 18.9. The average Bonchev–Trinajstić information content (AvgIpc) is 3.27. The monoisotopic (exact) mass is 396 g/mol. The molecule has 0 saturated carbocycles. The van der Waals surface area contributed by atoms with Crippen LogP contribution in [0.5, 0.6) is 11.5 Å². The van der Waals surface area contributed by atoms with E-state index in [-0.39, 0.29) is 6.42 Å². The van der Waals surface area contributed by atoms with Gasteiger partial charge in [-0.15, -0.1) is 11.3 Å². The van der Waals surface area contributed by atoms with E-state index in [0.717, 1.165) is 25.2 Å². The minimum atomic E-state index is -0.904.